The molecular formula is C25H25BrN6O4. The number of H-pyrrole nitrogens is 1. The van der Waals surface area contributed by atoms with Crippen LogP contribution < -0.4 is 21.8 Å². The number of aromatic amines is 1. The van der Waals surface area contributed by atoms with Gasteiger partial charge in [-0.2, -0.15) is 0 Å². The van der Waals surface area contributed by atoms with E-state index in [1.165, 1.54) is 6.21 Å². The first kappa shape index (κ1) is 23.9. The Kier molecular flexibility index (Phi) is 5.95. The summed E-state index contributed by atoms with van der Waals surface area (Å²) in [5.74, 6) is -0.506. The number of imidazole rings is 1. The maximum absolute atomic E-state index is 12.7. The van der Waals surface area contributed by atoms with Crippen LogP contribution in [0.25, 0.3) is 16.7 Å². The molecule has 186 valence electrons. The van der Waals surface area contributed by atoms with Gasteiger partial charge in [0.25, 0.3) is 5.56 Å². The zero-order valence-corrected chi connectivity index (χ0v) is 21.7. The third kappa shape index (κ3) is 3.89. The van der Waals surface area contributed by atoms with E-state index in [4.69, 9.17) is 0 Å². The van der Waals surface area contributed by atoms with Crippen LogP contribution in [0.4, 0.5) is 11.4 Å². The molecule has 0 saturated carbocycles. The van der Waals surface area contributed by atoms with E-state index >= 15 is 0 Å². The highest BCUT2D eigenvalue weighted by Gasteiger charge is 2.20. The van der Waals surface area contributed by atoms with Crippen molar-refractivity contribution in [3.8, 4) is 11.6 Å². The summed E-state index contributed by atoms with van der Waals surface area (Å²) in [5.41, 5.74) is 2.24. The summed E-state index contributed by atoms with van der Waals surface area (Å²) in [6.45, 7) is 3.51. The minimum atomic E-state index is -0.751. The van der Waals surface area contributed by atoms with Gasteiger partial charge in [-0.15, -0.1) is 0 Å². The highest BCUT2D eigenvalue weighted by Crippen LogP contribution is 2.35. The van der Waals surface area contributed by atoms with Crippen LogP contribution in [-0.2, 0) is 14.1 Å². The Hall–Kier alpha value is -3.86. The van der Waals surface area contributed by atoms with Crippen molar-refractivity contribution in [2.75, 3.05) is 18.0 Å². The summed E-state index contributed by atoms with van der Waals surface area (Å²) in [6, 6.07) is 8.97. The number of aliphatic imine (C=N–C) groups is 1. The molecule has 5 rings (SSSR count). The summed E-state index contributed by atoms with van der Waals surface area (Å²) in [7, 11) is 3.42. The van der Waals surface area contributed by atoms with Gasteiger partial charge in [0.05, 0.1) is 28.1 Å². The first-order valence-electron chi connectivity index (χ1n) is 11.5. The Labute approximate surface area is 213 Å². The fourth-order valence-electron chi connectivity index (χ4n) is 4.72. The molecule has 2 aromatic heterocycles. The lowest BCUT2D eigenvalue weighted by Gasteiger charge is -2.20. The second-order valence-electron chi connectivity index (χ2n) is 8.95. The molecule has 1 fully saturated rings. The first-order valence-corrected chi connectivity index (χ1v) is 12.3. The number of hydrogen-bond acceptors (Lipinski definition) is 6. The topological polar surface area (TPSA) is 118 Å². The molecule has 2 aromatic carbocycles. The Morgan fingerprint density at radius 1 is 1.00 bits per heavy atom. The van der Waals surface area contributed by atoms with E-state index in [0.717, 1.165) is 51.7 Å². The van der Waals surface area contributed by atoms with Gasteiger partial charge in [-0.1, -0.05) is 15.9 Å². The number of benzene rings is 2. The van der Waals surface area contributed by atoms with Crippen molar-refractivity contribution in [3.05, 3.63) is 77.3 Å². The first-order chi connectivity index (χ1) is 17.2. The van der Waals surface area contributed by atoms with Gasteiger partial charge >= 0.3 is 11.4 Å². The maximum atomic E-state index is 12.7. The van der Waals surface area contributed by atoms with E-state index in [-0.39, 0.29) is 11.3 Å². The standard InChI is InChI=1S/C25H25BrN6O4/c1-14-10-15(26)6-7-18(14)32-23(34)16(22(33)28-24(32)35)13-27-17-11-20-21(30(3)25(36)29(20)2)12-19(17)31-8-4-5-9-31/h6-7,10-13,34H,4-5,8-9H2,1-3H3,(H,28,33,35). The smallest absolute Gasteiger partial charge is 0.335 e. The largest absolute Gasteiger partial charge is 0.493 e. The fraction of sp³-hybridized carbons (Fsp3) is 0.280. The van der Waals surface area contributed by atoms with Crippen molar-refractivity contribution in [1.82, 2.24) is 18.7 Å². The molecule has 1 saturated heterocycles. The summed E-state index contributed by atoms with van der Waals surface area (Å²) < 4.78 is 5.01. The predicted octanol–water partition coefficient (Wildman–Crippen LogP) is 2.84. The Morgan fingerprint density at radius 3 is 2.33 bits per heavy atom. The summed E-state index contributed by atoms with van der Waals surface area (Å²) in [5, 5.41) is 11.0. The molecule has 0 bridgehead atoms. The second kappa shape index (κ2) is 8.98. The van der Waals surface area contributed by atoms with E-state index in [1.54, 1.807) is 48.4 Å². The van der Waals surface area contributed by atoms with Crippen LogP contribution in [0.15, 0.2) is 54.2 Å². The zero-order valence-electron chi connectivity index (χ0n) is 20.1. The van der Waals surface area contributed by atoms with Gasteiger partial charge < -0.3 is 10.0 Å². The molecule has 0 atom stereocenters. The van der Waals surface area contributed by atoms with Crippen LogP contribution >= 0.6 is 15.9 Å². The SMILES string of the molecule is Cc1cc(Br)ccc1-n1c(O)c(C=Nc2cc3c(cc2N2CCCC2)n(C)c(=O)n3C)c(=O)[nH]c1=O. The number of aromatic nitrogens is 4. The number of nitrogens with zero attached hydrogens (tertiary/aromatic N) is 5. The molecule has 1 aliphatic heterocycles. The monoisotopic (exact) mass is 552 g/mol. The van der Waals surface area contributed by atoms with Crippen molar-refractivity contribution >= 4 is 44.6 Å². The number of halogens is 1. The molecule has 1 aliphatic rings. The minimum absolute atomic E-state index is 0.147. The van der Waals surface area contributed by atoms with Gasteiger partial charge in [0.15, 0.2) is 0 Å². The molecule has 2 N–H and O–H groups in total. The molecule has 10 nitrogen and oxygen atoms in total. The number of hydrogen-bond donors (Lipinski definition) is 2. The van der Waals surface area contributed by atoms with Crippen molar-refractivity contribution in [3.63, 3.8) is 0 Å². The van der Waals surface area contributed by atoms with Gasteiger partial charge in [0.1, 0.15) is 5.56 Å². The third-order valence-electron chi connectivity index (χ3n) is 6.67. The summed E-state index contributed by atoms with van der Waals surface area (Å²) in [4.78, 5) is 46.9. The highest BCUT2D eigenvalue weighted by atomic mass is 79.9. The minimum Gasteiger partial charge on any atom is -0.493 e. The third-order valence-corrected chi connectivity index (χ3v) is 7.16. The fourth-order valence-corrected chi connectivity index (χ4v) is 5.20. The Morgan fingerprint density at radius 2 is 1.67 bits per heavy atom. The van der Waals surface area contributed by atoms with Gasteiger partial charge in [-0.25, -0.2) is 14.2 Å². The number of fused-ring (bicyclic) bond motifs is 1. The number of aromatic hydroxyl groups is 1. The normalized spacial score (nSPS) is 13.9. The number of anilines is 1. The molecule has 0 amide bonds. The van der Waals surface area contributed by atoms with Crippen molar-refractivity contribution < 1.29 is 5.11 Å². The van der Waals surface area contributed by atoms with E-state index in [9.17, 15) is 19.5 Å². The summed E-state index contributed by atoms with van der Waals surface area (Å²) in [6.07, 6.45) is 3.36. The molecule has 36 heavy (non-hydrogen) atoms. The maximum Gasteiger partial charge on any atom is 0.335 e. The van der Waals surface area contributed by atoms with Crippen LogP contribution in [0, 0.1) is 6.92 Å². The molecule has 11 heteroatoms. The van der Waals surface area contributed by atoms with Crippen molar-refractivity contribution in [2.24, 2.45) is 19.1 Å². The van der Waals surface area contributed by atoms with Crippen LogP contribution in [-0.4, -0.2) is 43.1 Å². The molecule has 3 heterocycles. The molecular weight excluding hydrogens is 528 g/mol. The lowest BCUT2D eigenvalue weighted by Crippen LogP contribution is -2.31. The van der Waals surface area contributed by atoms with E-state index < -0.39 is 17.1 Å². The van der Waals surface area contributed by atoms with Gasteiger partial charge in [-0.05, 0) is 55.7 Å². The zero-order chi connectivity index (χ0) is 25.7. The lowest BCUT2D eigenvalue weighted by molar-refractivity contribution is 0.430. The quantitative estimate of drug-likeness (QED) is 0.377. The molecule has 0 radical (unpaired) electrons. The van der Waals surface area contributed by atoms with Crippen LogP contribution in [0.2, 0.25) is 0 Å². The molecule has 0 aliphatic carbocycles. The number of aryl methyl sites for hydroxylation is 3. The van der Waals surface area contributed by atoms with Gasteiger partial charge in [0.2, 0.25) is 5.88 Å². The van der Waals surface area contributed by atoms with Crippen LogP contribution in [0.1, 0.15) is 24.0 Å². The van der Waals surface area contributed by atoms with Gasteiger partial charge in [0, 0.05) is 37.9 Å². The predicted molar refractivity (Wildman–Crippen MR) is 144 cm³/mol. The molecule has 0 spiro atoms. The van der Waals surface area contributed by atoms with E-state index in [1.807, 2.05) is 12.1 Å². The Bertz CT molecular complexity index is 1720. The van der Waals surface area contributed by atoms with E-state index in [0.29, 0.717) is 16.9 Å². The van der Waals surface area contributed by atoms with Crippen LogP contribution in [0.3, 0.4) is 0 Å². The van der Waals surface area contributed by atoms with Crippen LogP contribution in [0.5, 0.6) is 5.88 Å². The van der Waals surface area contributed by atoms with Crippen molar-refractivity contribution in [2.45, 2.75) is 19.8 Å². The summed E-state index contributed by atoms with van der Waals surface area (Å²) >= 11 is 3.39. The highest BCUT2D eigenvalue weighted by molar-refractivity contribution is 9.10. The second-order valence-corrected chi connectivity index (χ2v) is 9.86. The number of rotatable bonds is 4. The van der Waals surface area contributed by atoms with E-state index in [2.05, 4.69) is 30.8 Å². The molecule has 4 aromatic rings. The van der Waals surface area contributed by atoms with Crippen molar-refractivity contribution in [1.29, 1.82) is 0 Å². The molecule has 0 unspecified atom stereocenters. The lowest BCUT2D eigenvalue weighted by atomic mass is 10.2. The average molecular weight is 553 g/mol. The number of nitrogens with one attached hydrogen (secondary N) is 1. The average Bonchev–Trinajstić information content (AvgIpc) is 3.44. The Balaban J connectivity index is 1.69. The van der Waals surface area contributed by atoms with Gasteiger partial charge in [-0.3, -0.25) is 23.9 Å².